The Morgan fingerprint density at radius 1 is 1.12 bits per heavy atom. The molecule has 1 aromatic carbocycles. The number of hydrogen-bond acceptors (Lipinski definition) is 8. The fourth-order valence-electron chi connectivity index (χ4n) is 2.56. The highest BCUT2D eigenvalue weighted by Crippen LogP contribution is 2.18. The molecule has 2 rings (SSSR count). The molecule has 1 atom stereocenters. The molecule has 0 aliphatic carbocycles. The number of thiophene rings is 1. The van der Waals surface area contributed by atoms with Crippen LogP contribution in [0.3, 0.4) is 0 Å². The number of ketones is 1. The second kappa shape index (κ2) is 12.3. The van der Waals surface area contributed by atoms with Crippen molar-refractivity contribution in [2.24, 2.45) is 0 Å². The molecule has 178 valence electrons. The highest BCUT2D eigenvalue weighted by molar-refractivity contribution is 7.88. The lowest BCUT2D eigenvalue weighted by atomic mass is 10.2. The summed E-state index contributed by atoms with van der Waals surface area (Å²) >= 11 is 1.21. The first-order chi connectivity index (χ1) is 15.6. The van der Waals surface area contributed by atoms with E-state index in [4.69, 9.17) is 9.47 Å². The van der Waals surface area contributed by atoms with Crippen molar-refractivity contribution in [1.29, 1.82) is 0 Å². The third kappa shape index (κ3) is 9.56. The van der Waals surface area contributed by atoms with Crippen LogP contribution in [0.1, 0.15) is 27.0 Å². The summed E-state index contributed by atoms with van der Waals surface area (Å²) in [5, 5.41) is 2.49. The molecule has 1 amide bonds. The van der Waals surface area contributed by atoms with Crippen LogP contribution >= 0.6 is 11.3 Å². The lowest BCUT2D eigenvalue weighted by molar-refractivity contribution is -0.145. The normalized spacial score (nSPS) is 12.3. The number of sulfonamides is 1. The maximum Gasteiger partial charge on any atom is 0.328 e. The Bertz CT molecular complexity index is 1110. The van der Waals surface area contributed by atoms with Crippen molar-refractivity contribution in [2.75, 3.05) is 26.5 Å². The minimum absolute atomic E-state index is 0.228. The molecule has 0 unspecified atom stereocenters. The third-order valence-electron chi connectivity index (χ3n) is 4.27. The van der Waals surface area contributed by atoms with E-state index in [1.807, 2.05) is 0 Å². The molecule has 2 N–H and O–H groups in total. The van der Waals surface area contributed by atoms with E-state index in [9.17, 15) is 22.8 Å². The van der Waals surface area contributed by atoms with Gasteiger partial charge in [-0.1, -0.05) is 12.1 Å². The van der Waals surface area contributed by atoms with Crippen molar-refractivity contribution in [1.82, 2.24) is 10.0 Å². The predicted molar refractivity (Wildman–Crippen MR) is 126 cm³/mol. The van der Waals surface area contributed by atoms with Crippen LogP contribution in [0.25, 0.3) is 6.08 Å². The number of Topliss-reactive ketones (excluding diaryl/α,β-unsaturated/α-hetero) is 1. The number of rotatable bonds is 12. The van der Waals surface area contributed by atoms with Crippen LogP contribution in [0.4, 0.5) is 0 Å². The van der Waals surface area contributed by atoms with Gasteiger partial charge in [0.2, 0.25) is 21.7 Å². The zero-order valence-corrected chi connectivity index (χ0v) is 20.1. The SMILES string of the molecule is COc1ccc(/C=C/C(=O)N[C@@H](C)C(=O)OCC(=O)c2ccc(CCNS(C)(=O)=O)s2)cc1. The Kier molecular flexibility index (Phi) is 9.76. The van der Waals surface area contributed by atoms with Gasteiger partial charge in [0.1, 0.15) is 11.8 Å². The zero-order chi connectivity index (χ0) is 24.4. The monoisotopic (exact) mass is 494 g/mol. The van der Waals surface area contributed by atoms with Crippen LogP contribution < -0.4 is 14.8 Å². The van der Waals surface area contributed by atoms with E-state index >= 15 is 0 Å². The van der Waals surface area contributed by atoms with Crippen LogP contribution in [-0.2, 0) is 30.8 Å². The number of carbonyl (C=O) groups is 3. The second-order valence-corrected chi connectivity index (χ2v) is 10.1. The number of carbonyl (C=O) groups excluding carboxylic acids is 3. The summed E-state index contributed by atoms with van der Waals surface area (Å²) < 4.78 is 34.6. The number of methoxy groups -OCH3 is 1. The maximum absolute atomic E-state index is 12.3. The molecule has 0 saturated heterocycles. The fourth-order valence-corrected chi connectivity index (χ4v) is 3.97. The second-order valence-electron chi connectivity index (χ2n) is 7.05. The highest BCUT2D eigenvalue weighted by Gasteiger charge is 2.18. The average Bonchev–Trinajstić information content (AvgIpc) is 3.24. The van der Waals surface area contributed by atoms with E-state index in [0.717, 1.165) is 16.7 Å². The zero-order valence-electron chi connectivity index (χ0n) is 18.5. The van der Waals surface area contributed by atoms with Crippen LogP contribution in [0.2, 0.25) is 0 Å². The third-order valence-corrected chi connectivity index (χ3v) is 6.19. The number of hydrogen-bond donors (Lipinski definition) is 2. The Morgan fingerprint density at radius 3 is 2.45 bits per heavy atom. The molecule has 11 heteroatoms. The Labute approximate surface area is 196 Å². The largest absolute Gasteiger partial charge is 0.497 e. The van der Waals surface area contributed by atoms with Gasteiger partial charge in [0.05, 0.1) is 18.2 Å². The van der Waals surface area contributed by atoms with Gasteiger partial charge in [0, 0.05) is 17.5 Å². The van der Waals surface area contributed by atoms with Gasteiger partial charge in [-0.25, -0.2) is 17.9 Å². The van der Waals surface area contributed by atoms with Gasteiger partial charge in [0.15, 0.2) is 6.61 Å². The highest BCUT2D eigenvalue weighted by atomic mass is 32.2. The lowest BCUT2D eigenvalue weighted by Crippen LogP contribution is -2.39. The summed E-state index contributed by atoms with van der Waals surface area (Å²) in [4.78, 5) is 37.6. The molecule has 2 aromatic rings. The molecule has 0 aliphatic heterocycles. The van der Waals surface area contributed by atoms with Crippen molar-refractivity contribution in [3.05, 3.63) is 57.8 Å². The van der Waals surface area contributed by atoms with Crippen molar-refractivity contribution >= 4 is 45.1 Å². The fraction of sp³-hybridized carbons (Fsp3) is 0.318. The molecule has 0 fully saturated rings. The van der Waals surface area contributed by atoms with Gasteiger partial charge >= 0.3 is 5.97 Å². The number of ether oxygens (including phenoxy) is 2. The number of amides is 1. The molecule has 0 saturated carbocycles. The van der Waals surface area contributed by atoms with Crippen molar-refractivity contribution < 1.29 is 32.3 Å². The quantitative estimate of drug-likeness (QED) is 0.262. The number of nitrogens with one attached hydrogen (secondary N) is 2. The molecule has 0 aliphatic rings. The summed E-state index contributed by atoms with van der Waals surface area (Å²) in [5.41, 5.74) is 0.786. The number of benzene rings is 1. The molecule has 0 bridgehead atoms. The van der Waals surface area contributed by atoms with Gasteiger partial charge < -0.3 is 14.8 Å². The van der Waals surface area contributed by atoms with Crippen LogP contribution in [-0.4, -0.2) is 58.6 Å². The summed E-state index contributed by atoms with van der Waals surface area (Å²) in [6, 6.07) is 9.48. The average molecular weight is 495 g/mol. The van der Waals surface area contributed by atoms with E-state index in [-0.39, 0.29) is 12.3 Å². The molecule has 1 aromatic heterocycles. The summed E-state index contributed by atoms with van der Waals surface area (Å²) in [6.45, 7) is 1.23. The molecular formula is C22H26N2O7S2. The van der Waals surface area contributed by atoms with Gasteiger partial charge in [-0.2, -0.15) is 0 Å². The van der Waals surface area contributed by atoms with Crippen LogP contribution in [0.5, 0.6) is 5.75 Å². The van der Waals surface area contributed by atoms with E-state index in [1.165, 1.54) is 24.3 Å². The van der Waals surface area contributed by atoms with Crippen molar-refractivity contribution in [2.45, 2.75) is 19.4 Å². The first kappa shape index (κ1) is 26.2. The molecule has 1 heterocycles. The van der Waals surface area contributed by atoms with Gasteiger partial charge in [-0.15, -0.1) is 11.3 Å². The van der Waals surface area contributed by atoms with Gasteiger partial charge in [-0.3, -0.25) is 9.59 Å². The predicted octanol–water partition coefficient (Wildman–Crippen LogP) is 1.79. The van der Waals surface area contributed by atoms with E-state index < -0.39 is 34.5 Å². The topological polar surface area (TPSA) is 128 Å². The van der Waals surface area contributed by atoms with E-state index in [1.54, 1.807) is 49.6 Å². The minimum atomic E-state index is -3.27. The van der Waals surface area contributed by atoms with E-state index in [0.29, 0.717) is 17.0 Å². The molecule has 0 radical (unpaired) electrons. The van der Waals surface area contributed by atoms with Crippen molar-refractivity contribution in [3.8, 4) is 5.75 Å². The molecule has 0 spiro atoms. The smallest absolute Gasteiger partial charge is 0.328 e. The Morgan fingerprint density at radius 2 is 1.82 bits per heavy atom. The lowest BCUT2D eigenvalue weighted by Gasteiger charge is -2.11. The molecular weight excluding hydrogens is 468 g/mol. The van der Waals surface area contributed by atoms with E-state index in [2.05, 4.69) is 10.0 Å². The molecule has 33 heavy (non-hydrogen) atoms. The van der Waals surface area contributed by atoms with Gasteiger partial charge in [0.25, 0.3) is 0 Å². The summed E-state index contributed by atoms with van der Waals surface area (Å²) in [7, 11) is -1.71. The Hall–Kier alpha value is -3.02. The maximum atomic E-state index is 12.3. The number of esters is 1. The van der Waals surface area contributed by atoms with Gasteiger partial charge in [-0.05, 0) is 49.2 Å². The van der Waals surface area contributed by atoms with Crippen LogP contribution in [0, 0.1) is 0 Å². The first-order valence-electron chi connectivity index (χ1n) is 9.93. The van der Waals surface area contributed by atoms with Crippen molar-refractivity contribution in [3.63, 3.8) is 0 Å². The molecule has 9 nitrogen and oxygen atoms in total. The summed E-state index contributed by atoms with van der Waals surface area (Å²) in [6.07, 6.45) is 4.40. The first-order valence-corrected chi connectivity index (χ1v) is 12.6. The van der Waals surface area contributed by atoms with Crippen LogP contribution in [0.15, 0.2) is 42.5 Å². The summed E-state index contributed by atoms with van der Waals surface area (Å²) in [5.74, 6) is -0.894. The standard InChI is InChI=1S/C22H26N2O7S2/c1-15(24-21(26)11-6-16-4-7-17(30-2)8-5-16)22(27)31-14-19(25)20-10-9-18(32-20)12-13-23-33(3,28)29/h4-11,15,23H,12-14H2,1-3H3,(H,24,26)/b11-6+/t15-/m0/s1. The minimum Gasteiger partial charge on any atom is -0.497 e. The Balaban J connectivity index is 1.76.